The van der Waals surface area contributed by atoms with Crippen molar-refractivity contribution in [3.05, 3.63) is 120 Å². The van der Waals surface area contributed by atoms with E-state index >= 15 is 0 Å². The molecular formula is C35H29N2+. The molecule has 0 aliphatic carbocycles. The first-order chi connectivity index (χ1) is 18.8. The number of benzene rings is 5. The lowest BCUT2D eigenvalue weighted by Gasteiger charge is -2.15. The van der Waals surface area contributed by atoms with E-state index in [1.165, 1.54) is 38.7 Å². The molecule has 178 valence electrons. The summed E-state index contributed by atoms with van der Waals surface area (Å²) in [7, 11) is 2.12. The molecule has 0 radical (unpaired) electrons. The number of pyridine rings is 1. The molecule has 37 heavy (non-hydrogen) atoms. The van der Waals surface area contributed by atoms with Crippen LogP contribution in [0.5, 0.6) is 0 Å². The second-order valence-corrected chi connectivity index (χ2v) is 10.1. The Balaban J connectivity index is 1.60. The first kappa shape index (κ1) is 19.7. The maximum atomic E-state index is 8.81. The molecule has 7 aromatic rings. The molecule has 2 aromatic heterocycles. The molecule has 0 saturated carbocycles. The summed E-state index contributed by atoms with van der Waals surface area (Å²) < 4.78 is 22.0. The molecule has 0 atom stereocenters. The van der Waals surface area contributed by atoms with Crippen molar-refractivity contribution in [2.45, 2.75) is 20.8 Å². The molecule has 0 bridgehead atoms. The highest BCUT2D eigenvalue weighted by molar-refractivity contribution is 6.15. The first-order valence-corrected chi connectivity index (χ1v) is 12.8. The van der Waals surface area contributed by atoms with Crippen LogP contribution in [-0.2, 0) is 7.05 Å². The zero-order valence-corrected chi connectivity index (χ0v) is 21.6. The fourth-order valence-corrected chi connectivity index (χ4v) is 6.03. The molecule has 2 heteroatoms. The topological polar surface area (TPSA) is 8.81 Å². The maximum absolute atomic E-state index is 8.81. The predicted octanol–water partition coefficient (Wildman–Crippen LogP) is 8.51. The van der Waals surface area contributed by atoms with E-state index in [-0.39, 0.29) is 0 Å². The highest BCUT2D eigenvalue weighted by atomic mass is 15.0. The van der Waals surface area contributed by atoms with E-state index < -0.39 is 0 Å². The number of hydrogen-bond acceptors (Lipinski definition) is 0. The molecule has 0 aliphatic rings. The summed E-state index contributed by atoms with van der Waals surface area (Å²) in [6.45, 7) is 6.56. The largest absolute Gasteiger partial charge is 0.309 e. The minimum atomic E-state index is 0.459. The van der Waals surface area contributed by atoms with Crippen molar-refractivity contribution in [1.82, 2.24) is 4.57 Å². The zero-order valence-electron chi connectivity index (χ0n) is 23.6. The Bertz CT molecular complexity index is 2080. The Morgan fingerprint density at radius 2 is 1.30 bits per heavy atom. The molecular weight excluding hydrogens is 448 g/mol. The van der Waals surface area contributed by atoms with Crippen molar-refractivity contribution < 1.29 is 7.31 Å². The summed E-state index contributed by atoms with van der Waals surface area (Å²) >= 11 is 0. The number of para-hydroxylation sites is 2. The van der Waals surface area contributed by atoms with Crippen molar-refractivity contribution >= 4 is 43.4 Å². The lowest BCUT2D eigenvalue weighted by molar-refractivity contribution is -0.659. The predicted molar refractivity (Wildman–Crippen MR) is 157 cm³/mol. The summed E-state index contributed by atoms with van der Waals surface area (Å²) in [5, 5.41) is 6.68. The monoisotopic (exact) mass is 479 g/mol. The quantitative estimate of drug-likeness (QED) is 0.174. The van der Waals surface area contributed by atoms with Gasteiger partial charge in [-0.25, -0.2) is 4.57 Å². The van der Waals surface area contributed by atoms with Gasteiger partial charge in [0.25, 0.3) is 0 Å². The van der Waals surface area contributed by atoms with E-state index in [1.54, 1.807) is 0 Å². The smallest absolute Gasteiger partial charge is 0.220 e. The van der Waals surface area contributed by atoms with Gasteiger partial charge in [-0.15, -0.1) is 0 Å². The van der Waals surface area contributed by atoms with Crippen LogP contribution in [0, 0.1) is 20.8 Å². The van der Waals surface area contributed by atoms with Gasteiger partial charge in [-0.2, -0.15) is 0 Å². The van der Waals surface area contributed by atoms with Crippen molar-refractivity contribution in [1.29, 1.82) is 0 Å². The van der Waals surface area contributed by atoms with Gasteiger partial charge in [0.15, 0.2) is 6.20 Å². The van der Waals surface area contributed by atoms with Crippen LogP contribution >= 0.6 is 0 Å². The summed E-state index contributed by atoms with van der Waals surface area (Å²) in [6, 6.07) is 30.2. The summed E-state index contributed by atoms with van der Waals surface area (Å²) in [6.07, 6.45) is 2.16. The average Bonchev–Trinajstić information content (AvgIpc) is 3.27. The lowest BCUT2D eigenvalue weighted by Crippen LogP contribution is -2.30. The number of nitrogens with zero attached hydrogens (tertiary/aromatic N) is 2. The molecule has 0 spiro atoms. The second kappa shape index (κ2) is 8.04. The minimum absolute atomic E-state index is 0.459. The Morgan fingerprint density at radius 3 is 2.03 bits per heavy atom. The van der Waals surface area contributed by atoms with Gasteiger partial charge in [-0.1, -0.05) is 66.2 Å². The van der Waals surface area contributed by atoms with Crippen molar-refractivity contribution in [3.8, 4) is 16.9 Å². The van der Waals surface area contributed by atoms with Crippen LogP contribution in [-0.4, -0.2) is 4.57 Å². The van der Waals surface area contributed by atoms with Crippen molar-refractivity contribution in [2.75, 3.05) is 0 Å². The number of aryl methyl sites for hydroxylation is 3. The molecule has 2 heterocycles. The van der Waals surface area contributed by atoms with Crippen LogP contribution in [0.3, 0.4) is 0 Å². The fourth-order valence-electron chi connectivity index (χ4n) is 6.03. The van der Waals surface area contributed by atoms with Gasteiger partial charge in [0.2, 0.25) is 5.69 Å². The Morgan fingerprint density at radius 1 is 0.649 bits per heavy atom. The van der Waals surface area contributed by atoms with Crippen molar-refractivity contribution in [3.63, 3.8) is 0 Å². The third-order valence-corrected chi connectivity index (χ3v) is 7.87. The third-order valence-electron chi connectivity index (χ3n) is 7.87. The van der Waals surface area contributed by atoms with Crippen LogP contribution in [0.1, 0.15) is 19.4 Å². The van der Waals surface area contributed by atoms with Crippen LogP contribution in [0.15, 0.2) is 103 Å². The molecule has 0 saturated heterocycles. The lowest BCUT2D eigenvalue weighted by atomic mass is 9.93. The third kappa shape index (κ3) is 3.15. The number of aromatic nitrogens is 2. The molecule has 0 amide bonds. The van der Waals surface area contributed by atoms with Gasteiger partial charge in [-0.3, -0.25) is 0 Å². The average molecular weight is 480 g/mol. The van der Waals surface area contributed by atoms with E-state index in [9.17, 15) is 0 Å². The zero-order chi connectivity index (χ0) is 27.0. The van der Waals surface area contributed by atoms with Gasteiger partial charge in [-0.05, 0) is 67.6 Å². The first-order valence-electron chi connectivity index (χ1n) is 13.8. The van der Waals surface area contributed by atoms with E-state index in [2.05, 4.69) is 104 Å². The highest BCUT2D eigenvalue weighted by Gasteiger charge is 2.21. The maximum Gasteiger partial charge on any atom is 0.220 e. The molecule has 2 nitrogen and oxygen atoms in total. The summed E-state index contributed by atoms with van der Waals surface area (Å²) in [5.74, 6) is 0. The van der Waals surface area contributed by atoms with Gasteiger partial charge in [0.05, 0.1) is 30.4 Å². The molecule has 0 fully saturated rings. The van der Waals surface area contributed by atoms with Crippen LogP contribution < -0.4 is 4.57 Å². The molecule has 7 rings (SSSR count). The standard InChI is InChI=1S/C35H29N2/c1-22-20-23(2)24(3)31(21-22)35-30-17-16-29-25(26(30)18-19-36(35)4)12-9-15-34(29)37-32-13-7-5-10-27(32)28-11-6-8-14-33(28)37/h5-21H,1-4H3/q+1/i13D,14D. The minimum Gasteiger partial charge on any atom is -0.309 e. The molecule has 5 aromatic carbocycles. The Labute approximate surface area is 219 Å². The number of fused-ring (bicyclic) bond motifs is 6. The SMILES string of the molecule is [2H]c1cccc2c3cccc([2H])c3n(-c3cccc4c3ccc3c(-c5cc(C)cc(C)c5C)[n+](C)ccc34)c12. The number of rotatable bonds is 2. The highest BCUT2D eigenvalue weighted by Crippen LogP contribution is 2.38. The number of hydrogen-bond donors (Lipinski definition) is 0. The second-order valence-electron chi connectivity index (χ2n) is 10.1. The normalized spacial score (nSPS) is 12.5. The molecule has 0 N–H and O–H groups in total. The van der Waals surface area contributed by atoms with Gasteiger partial charge < -0.3 is 4.57 Å². The summed E-state index contributed by atoms with van der Waals surface area (Å²) in [4.78, 5) is 0. The van der Waals surface area contributed by atoms with Crippen LogP contribution in [0.2, 0.25) is 0 Å². The van der Waals surface area contributed by atoms with Crippen molar-refractivity contribution in [2.24, 2.45) is 7.05 Å². The van der Waals surface area contributed by atoms with Gasteiger partial charge in [0, 0.05) is 27.6 Å². The van der Waals surface area contributed by atoms with Gasteiger partial charge >= 0.3 is 0 Å². The van der Waals surface area contributed by atoms with Crippen LogP contribution in [0.25, 0.3) is 60.3 Å². The van der Waals surface area contributed by atoms with E-state index in [4.69, 9.17) is 2.74 Å². The van der Waals surface area contributed by atoms with E-state index in [0.29, 0.717) is 12.1 Å². The summed E-state index contributed by atoms with van der Waals surface area (Å²) in [5.41, 5.74) is 9.00. The van der Waals surface area contributed by atoms with E-state index in [0.717, 1.165) is 38.3 Å². The van der Waals surface area contributed by atoms with Gasteiger partial charge in [0.1, 0.15) is 7.05 Å². The Hall–Kier alpha value is -4.43. The Kier molecular flexibility index (Phi) is 4.29. The van der Waals surface area contributed by atoms with Crippen LogP contribution in [0.4, 0.5) is 0 Å². The molecule has 0 aliphatic heterocycles. The molecule has 0 unspecified atom stereocenters. The fraction of sp³-hybridized carbons (Fsp3) is 0.114. The van der Waals surface area contributed by atoms with E-state index in [1.807, 2.05) is 24.3 Å².